The fourth-order valence-corrected chi connectivity index (χ4v) is 3.19. The van der Waals surface area contributed by atoms with Crippen molar-refractivity contribution in [2.75, 3.05) is 20.6 Å². The van der Waals surface area contributed by atoms with E-state index in [0.717, 1.165) is 16.4 Å². The molecule has 0 aliphatic carbocycles. The van der Waals surface area contributed by atoms with Gasteiger partial charge in [-0.05, 0) is 37.6 Å². The van der Waals surface area contributed by atoms with Crippen LogP contribution in [0.15, 0.2) is 29.7 Å². The highest BCUT2D eigenvalue weighted by Crippen LogP contribution is 2.23. The zero-order valence-corrected chi connectivity index (χ0v) is 13.0. The molecule has 0 aromatic heterocycles. The van der Waals surface area contributed by atoms with Crippen LogP contribution in [0.2, 0.25) is 0 Å². The summed E-state index contributed by atoms with van der Waals surface area (Å²) in [5, 5.41) is 2.77. The van der Waals surface area contributed by atoms with Gasteiger partial charge in [-0.25, -0.2) is 21.5 Å². The summed E-state index contributed by atoms with van der Waals surface area (Å²) in [7, 11) is -1.07. The van der Waals surface area contributed by atoms with Crippen molar-refractivity contribution in [3.05, 3.63) is 42.0 Å². The van der Waals surface area contributed by atoms with Crippen LogP contribution in [0.5, 0.6) is 0 Å². The minimum absolute atomic E-state index is 0.214. The van der Waals surface area contributed by atoms with Crippen molar-refractivity contribution in [3.63, 3.8) is 0 Å². The summed E-state index contributed by atoms with van der Waals surface area (Å²) in [6.45, 7) is 4.02. The number of sulfonamides is 1. The SMILES string of the molecule is C=CCCCN(C)S(=O)(=O)c1cc(CNC)cc(F)c1F. The van der Waals surface area contributed by atoms with Crippen molar-refractivity contribution < 1.29 is 17.2 Å². The number of rotatable bonds is 8. The second-order valence-electron chi connectivity index (χ2n) is 4.68. The van der Waals surface area contributed by atoms with Crippen LogP contribution >= 0.6 is 0 Å². The molecule has 21 heavy (non-hydrogen) atoms. The number of unbranched alkanes of at least 4 members (excludes halogenated alkanes) is 1. The lowest BCUT2D eigenvalue weighted by Gasteiger charge is -2.18. The molecule has 0 amide bonds. The summed E-state index contributed by atoms with van der Waals surface area (Å²) in [5.74, 6) is -2.51. The molecule has 1 aromatic carbocycles. The highest BCUT2D eigenvalue weighted by molar-refractivity contribution is 7.89. The van der Waals surface area contributed by atoms with Crippen LogP contribution in [-0.2, 0) is 16.6 Å². The Labute approximate surface area is 124 Å². The first-order chi connectivity index (χ1) is 9.84. The molecule has 0 aliphatic rings. The molecule has 1 N–H and O–H groups in total. The Morgan fingerprint density at radius 3 is 2.62 bits per heavy atom. The summed E-state index contributed by atoms with van der Waals surface area (Å²) in [6, 6.07) is 2.15. The lowest BCUT2D eigenvalue weighted by Crippen LogP contribution is -2.29. The first kappa shape index (κ1) is 17.7. The highest BCUT2D eigenvalue weighted by atomic mass is 32.2. The maximum Gasteiger partial charge on any atom is 0.245 e. The second kappa shape index (κ2) is 7.63. The number of hydrogen-bond acceptors (Lipinski definition) is 3. The molecule has 1 rings (SSSR count). The van der Waals surface area contributed by atoms with E-state index in [-0.39, 0.29) is 13.1 Å². The molecular weight excluding hydrogens is 298 g/mol. The van der Waals surface area contributed by atoms with Crippen molar-refractivity contribution in [2.45, 2.75) is 24.3 Å². The van der Waals surface area contributed by atoms with Crippen LogP contribution in [0.3, 0.4) is 0 Å². The third-order valence-electron chi connectivity index (χ3n) is 3.01. The van der Waals surface area contributed by atoms with Gasteiger partial charge in [0.15, 0.2) is 11.6 Å². The molecule has 118 valence electrons. The number of halogens is 2. The van der Waals surface area contributed by atoms with E-state index >= 15 is 0 Å². The molecule has 0 unspecified atom stereocenters. The molecule has 0 atom stereocenters. The summed E-state index contributed by atoms with van der Waals surface area (Å²) < 4.78 is 53.1. The number of benzene rings is 1. The standard InChI is InChI=1S/C14H20F2N2O2S/c1-4-5-6-7-18(3)21(19,20)13-9-11(10-17-2)8-12(15)14(13)16/h4,8-9,17H,1,5-7,10H2,2-3H3. The zero-order chi connectivity index (χ0) is 16.0. The molecule has 0 saturated carbocycles. The molecular formula is C14H20F2N2O2S. The van der Waals surface area contributed by atoms with E-state index in [1.807, 2.05) is 0 Å². The number of nitrogens with one attached hydrogen (secondary N) is 1. The molecule has 0 bridgehead atoms. The predicted octanol–water partition coefficient (Wildman–Crippen LogP) is 2.27. The van der Waals surface area contributed by atoms with E-state index < -0.39 is 26.6 Å². The molecule has 4 nitrogen and oxygen atoms in total. The molecule has 0 heterocycles. The maximum atomic E-state index is 13.8. The Morgan fingerprint density at radius 2 is 2.05 bits per heavy atom. The lowest BCUT2D eigenvalue weighted by atomic mass is 10.2. The van der Waals surface area contributed by atoms with E-state index in [4.69, 9.17) is 0 Å². The van der Waals surface area contributed by atoms with Crippen LogP contribution in [0.4, 0.5) is 8.78 Å². The molecule has 0 spiro atoms. The van der Waals surface area contributed by atoms with Crippen LogP contribution in [0.25, 0.3) is 0 Å². The topological polar surface area (TPSA) is 49.4 Å². The molecule has 0 aliphatic heterocycles. The monoisotopic (exact) mass is 318 g/mol. The number of hydrogen-bond donors (Lipinski definition) is 1. The summed E-state index contributed by atoms with van der Waals surface area (Å²) in [6.07, 6.45) is 2.89. The molecule has 0 radical (unpaired) electrons. The van der Waals surface area contributed by atoms with Gasteiger partial charge in [0.05, 0.1) is 0 Å². The molecule has 0 fully saturated rings. The quantitative estimate of drug-likeness (QED) is 0.591. The van der Waals surface area contributed by atoms with Gasteiger partial charge in [-0.15, -0.1) is 6.58 Å². The highest BCUT2D eigenvalue weighted by Gasteiger charge is 2.26. The minimum atomic E-state index is -4.06. The van der Waals surface area contributed by atoms with Crippen molar-refractivity contribution in [1.29, 1.82) is 0 Å². The average molecular weight is 318 g/mol. The first-order valence-corrected chi connectivity index (χ1v) is 7.98. The smallest absolute Gasteiger partial charge is 0.245 e. The van der Waals surface area contributed by atoms with E-state index in [0.29, 0.717) is 18.4 Å². The first-order valence-electron chi connectivity index (χ1n) is 6.54. The van der Waals surface area contributed by atoms with Gasteiger partial charge in [0.25, 0.3) is 0 Å². The second-order valence-corrected chi connectivity index (χ2v) is 6.69. The van der Waals surface area contributed by atoms with Gasteiger partial charge in [-0.1, -0.05) is 6.08 Å². The predicted molar refractivity (Wildman–Crippen MR) is 78.4 cm³/mol. The Balaban J connectivity index is 3.14. The van der Waals surface area contributed by atoms with E-state index in [9.17, 15) is 17.2 Å². The average Bonchev–Trinajstić information content (AvgIpc) is 2.42. The van der Waals surface area contributed by atoms with E-state index in [1.54, 1.807) is 13.1 Å². The Kier molecular flexibility index (Phi) is 6.44. The van der Waals surface area contributed by atoms with Crippen LogP contribution in [-0.4, -0.2) is 33.4 Å². The largest absolute Gasteiger partial charge is 0.316 e. The lowest BCUT2D eigenvalue weighted by molar-refractivity contribution is 0.444. The van der Waals surface area contributed by atoms with E-state index in [1.165, 1.54) is 7.05 Å². The zero-order valence-electron chi connectivity index (χ0n) is 12.2. The van der Waals surface area contributed by atoms with Gasteiger partial charge in [0.2, 0.25) is 10.0 Å². The fraction of sp³-hybridized carbons (Fsp3) is 0.429. The Bertz CT molecular complexity index is 603. The van der Waals surface area contributed by atoms with Crippen molar-refractivity contribution >= 4 is 10.0 Å². The van der Waals surface area contributed by atoms with E-state index in [2.05, 4.69) is 11.9 Å². The Hall–Kier alpha value is -1.31. The summed E-state index contributed by atoms with van der Waals surface area (Å²) in [5.41, 5.74) is 0.370. The molecule has 0 saturated heterocycles. The van der Waals surface area contributed by atoms with Crippen molar-refractivity contribution in [2.24, 2.45) is 0 Å². The molecule has 1 aromatic rings. The van der Waals surface area contributed by atoms with Gasteiger partial charge < -0.3 is 5.32 Å². The van der Waals surface area contributed by atoms with Gasteiger partial charge in [-0.2, -0.15) is 0 Å². The van der Waals surface area contributed by atoms with Gasteiger partial charge in [0, 0.05) is 20.1 Å². The van der Waals surface area contributed by atoms with Gasteiger partial charge in [-0.3, -0.25) is 0 Å². The van der Waals surface area contributed by atoms with Crippen LogP contribution < -0.4 is 5.32 Å². The van der Waals surface area contributed by atoms with Crippen molar-refractivity contribution in [3.8, 4) is 0 Å². The third kappa shape index (κ3) is 4.33. The normalized spacial score (nSPS) is 11.9. The third-order valence-corrected chi connectivity index (χ3v) is 4.86. The van der Waals surface area contributed by atoms with Crippen LogP contribution in [0, 0.1) is 11.6 Å². The Morgan fingerprint density at radius 1 is 1.38 bits per heavy atom. The van der Waals surface area contributed by atoms with Gasteiger partial charge in [0.1, 0.15) is 4.90 Å². The fourth-order valence-electron chi connectivity index (χ4n) is 1.86. The summed E-state index contributed by atoms with van der Waals surface area (Å²) >= 11 is 0. The maximum absolute atomic E-state index is 13.8. The van der Waals surface area contributed by atoms with Gasteiger partial charge >= 0.3 is 0 Å². The number of allylic oxidation sites excluding steroid dienone is 1. The van der Waals surface area contributed by atoms with Crippen molar-refractivity contribution in [1.82, 2.24) is 9.62 Å². The summed E-state index contributed by atoms with van der Waals surface area (Å²) in [4.78, 5) is -0.631. The minimum Gasteiger partial charge on any atom is -0.316 e. The number of nitrogens with zero attached hydrogens (tertiary/aromatic N) is 1. The molecule has 7 heteroatoms. The van der Waals surface area contributed by atoms with Crippen LogP contribution in [0.1, 0.15) is 18.4 Å².